The van der Waals surface area contributed by atoms with Crippen molar-refractivity contribution in [1.82, 2.24) is 5.32 Å². The Kier molecular flexibility index (Phi) is 5.46. The monoisotopic (exact) mass is 241 g/mol. The van der Waals surface area contributed by atoms with Crippen LogP contribution in [0.5, 0.6) is 0 Å². The highest BCUT2D eigenvalue weighted by atomic mass is 32.1. The molecule has 0 aliphatic carbocycles. The van der Waals surface area contributed by atoms with E-state index in [1.165, 1.54) is 5.56 Å². The molecule has 0 amide bonds. The van der Waals surface area contributed by atoms with Gasteiger partial charge in [0.25, 0.3) is 0 Å². The molecule has 1 aromatic rings. The van der Waals surface area contributed by atoms with Crippen molar-refractivity contribution in [3.8, 4) is 0 Å². The Morgan fingerprint density at radius 1 is 1.56 bits per heavy atom. The van der Waals surface area contributed by atoms with Gasteiger partial charge >= 0.3 is 0 Å². The second-order valence-corrected chi connectivity index (χ2v) is 5.72. The summed E-state index contributed by atoms with van der Waals surface area (Å²) < 4.78 is 0. The van der Waals surface area contributed by atoms with E-state index in [-0.39, 0.29) is 12.0 Å². The molecule has 0 saturated heterocycles. The van der Waals surface area contributed by atoms with Crippen LogP contribution in [-0.2, 0) is 6.42 Å². The van der Waals surface area contributed by atoms with Gasteiger partial charge in [-0.3, -0.25) is 0 Å². The van der Waals surface area contributed by atoms with Gasteiger partial charge in [-0.15, -0.1) is 0 Å². The molecule has 1 heterocycles. The summed E-state index contributed by atoms with van der Waals surface area (Å²) in [6.07, 6.45) is 2.07. The first-order chi connectivity index (χ1) is 7.59. The summed E-state index contributed by atoms with van der Waals surface area (Å²) in [7, 11) is 0. The fourth-order valence-electron chi connectivity index (χ4n) is 1.55. The van der Waals surface area contributed by atoms with E-state index in [9.17, 15) is 5.11 Å². The Labute approximate surface area is 103 Å². The lowest BCUT2D eigenvalue weighted by atomic mass is 9.88. The van der Waals surface area contributed by atoms with E-state index in [0.29, 0.717) is 6.04 Å². The van der Waals surface area contributed by atoms with E-state index >= 15 is 0 Å². The summed E-state index contributed by atoms with van der Waals surface area (Å²) in [4.78, 5) is 0. The molecule has 0 radical (unpaired) electrons. The van der Waals surface area contributed by atoms with Crippen molar-refractivity contribution in [3.05, 3.63) is 22.4 Å². The molecule has 92 valence electrons. The molecule has 16 heavy (non-hydrogen) atoms. The van der Waals surface area contributed by atoms with Crippen molar-refractivity contribution in [3.63, 3.8) is 0 Å². The Morgan fingerprint density at radius 3 is 2.81 bits per heavy atom. The van der Waals surface area contributed by atoms with Crippen LogP contribution >= 0.6 is 11.3 Å². The summed E-state index contributed by atoms with van der Waals surface area (Å²) in [6.45, 7) is 7.58. The molecule has 2 N–H and O–H groups in total. The number of rotatable bonds is 7. The number of nitrogens with one attached hydrogen (secondary N) is 1. The smallest absolute Gasteiger partial charge is 0.0496 e. The Hall–Kier alpha value is -0.380. The molecule has 2 unspecified atom stereocenters. The van der Waals surface area contributed by atoms with Crippen LogP contribution in [-0.4, -0.2) is 24.3 Å². The van der Waals surface area contributed by atoms with Crippen molar-refractivity contribution in [2.45, 2.75) is 39.7 Å². The average Bonchev–Trinajstić information content (AvgIpc) is 2.79. The number of hydrogen-bond donors (Lipinski definition) is 2. The molecule has 0 fully saturated rings. The molecule has 2 nitrogen and oxygen atoms in total. The van der Waals surface area contributed by atoms with Crippen LogP contribution in [0.4, 0.5) is 0 Å². The van der Waals surface area contributed by atoms with Crippen LogP contribution < -0.4 is 5.32 Å². The topological polar surface area (TPSA) is 32.3 Å². The first-order valence-corrected chi connectivity index (χ1v) is 6.89. The lowest BCUT2D eigenvalue weighted by Gasteiger charge is -2.28. The molecule has 3 heteroatoms. The van der Waals surface area contributed by atoms with Gasteiger partial charge in [-0.25, -0.2) is 0 Å². The summed E-state index contributed by atoms with van der Waals surface area (Å²) in [5.41, 5.74) is 1.41. The summed E-state index contributed by atoms with van der Waals surface area (Å²) in [5.74, 6) is 0. The molecule has 0 spiro atoms. The average molecular weight is 241 g/mol. The Morgan fingerprint density at radius 2 is 2.31 bits per heavy atom. The van der Waals surface area contributed by atoms with Gasteiger partial charge in [0.15, 0.2) is 0 Å². The van der Waals surface area contributed by atoms with Crippen LogP contribution in [0.1, 0.15) is 32.8 Å². The largest absolute Gasteiger partial charge is 0.396 e. The third-order valence-electron chi connectivity index (χ3n) is 3.23. The minimum atomic E-state index is 0.0168. The van der Waals surface area contributed by atoms with Crippen molar-refractivity contribution in [2.75, 3.05) is 13.2 Å². The fourth-order valence-corrected chi connectivity index (χ4v) is 2.23. The van der Waals surface area contributed by atoms with Gasteiger partial charge in [-0.1, -0.05) is 13.8 Å². The zero-order valence-electron chi connectivity index (χ0n) is 10.5. The molecule has 1 rings (SSSR count). The van der Waals surface area contributed by atoms with Crippen molar-refractivity contribution in [2.24, 2.45) is 5.41 Å². The predicted molar refractivity (Wildman–Crippen MR) is 71.0 cm³/mol. The van der Waals surface area contributed by atoms with E-state index in [1.54, 1.807) is 11.3 Å². The highest BCUT2D eigenvalue weighted by Gasteiger charge is 2.21. The molecule has 0 aromatic carbocycles. The van der Waals surface area contributed by atoms with Crippen molar-refractivity contribution in [1.29, 1.82) is 0 Å². The quantitative estimate of drug-likeness (QED) is 0.769. The van der Waals surface area contributed by atoms with Gasteiger partial charge in [0.1, 0.15) is 0 Å². The number of thiophene rings is 1. The minimum absolute atomic E-state index is 0.0168. The summed E-state index contributed by atoms with van der Waals surface area (Å²) in [5, 5.41) is 17.1. The lowest BCUT2D eigenvalue weighted by Crippen LogP contribution is -2.39. The van der Waals surface area contributed by atoms with Gasteiger partial charge < -0.3 is 10.4 Å². The number of aliphatic hydroxyl groups is 1. The number of hydrogen-bond acceptors (Lipinski definition) is 3. The van der Waals surface area contributed by atoms with Crippen LogP contribution in [0.25, 0.3) is 0 Å². The molecule has 0 bridgehead atoms. The molecule has 2 atom stereocenters. The maximum absolute atomic E-state index is 9.32. The van der Waals surface area contributed by atoms with E-state index in [2.05, 4.69) is 42.9 Å². The Balaban J connectivity index is 2.32. The summed E-state index contributed by atoms with van der Waals surface area (Å²) in [6, 6.07) is 2.64. The van der Waals surface area contributed by atoms with Crippen LogP contribution in [0.15, 0.2) is 16.8 Å². The predicted octanol–water partition coefficient (Wildman–Crippen LogP) is 2.68. The van der Waals surface area contributed by atoms with Gasteiger partial charge in [0.2, 0.25) is 0 Å². The third-order valence-corrected chi connectivity index (χ3v) is 3.97. The van der Waals surface area contributed by atoms with Gasteiger partial charge in [-0.05, 0) is 42.2 Å². The van der Waals surface area contributed by atoms with E-state index in [1.807, 2.05) is 0 Å². The molecular weight excluding hydrogens is 218 g/mol. The first kappa shape index (κ1) is 13.7. The summed E-state index contributed by atoms with van der Waals surface area (Å²) >= 11 is 1.75. The normalized spacial score (nSPS) is 17.0. The second kappa shape index (κ2) is 6.38. The fraction of sp³-hybridized carbons (Fsp3) is 0.692. The van der Waals surface area contributed by atoms with E-state index in [0.717, 1.165) is 19.4 Å². The zero-order chi connectivity index (χ0) is 12.0. The van der Waals surface area contributed by atoms with Crippen LogP contribution in [0.2, 0.25) is 0 Å². The lowest BCUT2D eigenvalue weighted by molar-refractivity contribution is 0.132. The molecular formula is C13H23NOS. The van der Waals surface area contributed by atoms with Crippen molar-refractivity contribution < 1.29 is 5.11 Å². The van der Waals surface area contributed by atoms with E-state index in [4.69, 9.17) is 0 Å². The van der Waals surface area contributed by atoms with Crippen molar-refractivity contribution >= 4 is 11.3 Å². The van der Waals surface area contributed by atoms with Gasteiger partial charge in [0.05, 0.1) is 0 Å². The highest BCUT2D eigenvalue weighted by molar-refractivity contribution is 7.07. The molecule has 0 saturated carbocycles. The maximum atomic E-state index is 9.32. The van der Waals surface area contributed by atoms with Crippen LogP contribution in [0.3, 0.4) is 0 Å². The Bertz CT molecular complexity index is 280. The van der Waals surface area contributed by atoms with Gasteiger partial charge in [0, 0.05) is 24.6 Å². The molecule has 0 aliphatic rings. The minimum Gasteiger partial charge on any atom is -0.396 e. The zero-order valence-corrected chi connectivity index (χ0v) is 11.3. The highest BCUT2D eigenvalue weighted by Crippen LogP contribution is 2.19. The maximum Gasteiger partial charge on any atom is 0.0496 e. The molecule has 0 aliphatic heterocycles. The third kappa shape index (κ3) is 4.24. The van der Waals surface area contributed by atoms with Crippen LogP contribution in [0, 0.1) is 5.41 Å². The number of aliphatic hydroxyl groups excluding tert-OH is 1. The SMILES string of the molecule is CCC(C)(CO)CNC(C)Cc1ccsc1. The standard InChI is InChI=1S/C13H23NOS/c1-4-13(3,10-15)9-14-11(2)7-12-5-6-16-8-12/h5-6,8,11,14-15H,4,7,9-10H2,1-3H3. The second-order valence-electron chi connectivity index (χ2n) is 4.94. The van der Waals surface area contributed by atoms with E-state index < -0.39 is 0 Å². The molecule has 1 aromatic heterocycles. The first-order valence-electron chi connectivity index (χ1n) is 5.95. The van der Waals surface area contributed by atoms with Gasteiger partial charge in [-0.2, -0.15) is 11.3 Å².